The Morgan fingerprint density at radius 2 is 1.92 bits per heavy atom. The molecule has 7 nitrogen and oxygen atoms in total. The van der Waals surface area contributed by atoms with Crippen LogP contribution in [-0.4, -0.2) is 23.3 Å². The summed E-state index contributed by atoms with van der Waals surface area (Å²) in [6.45, 7) is 7.99. The second-order valence-corrected chi connectivity index (χ2v) is 8.69. The number of hydrogen-bond acceptors (Lipinski definition) is 6. The molecule has 0 amide bonds. The van der Waals surface area contributed by atoms with Gasteiger partial charge in [0.25, 0.3) is 0 Å². The predicted molar refractivity (Wildman–Crippen MR) is 132 cm³/mol. The summed E-state index contributed by atoms with van der Waals surface area (Å²) in [5.74, 6) is -1.51. The van der Waals surface area contributed by atoms with Crippen LogP contribution in [0.1, 0.15) is 33.3 Å². The highest BCUT2D eigenvalue weighted by Gasteiger charge is 2.42. The average Bonchev–Trinajstić information content (AvgIpc) is 3.52. The van der Waals surface area contributed by atoms with Crippen LogP contribution in [0, 0.1) is 12.4 Å². The number of cyclic esters (lactones) is 1. The van der Waals surface area contributed by atoms with E-state index in [1.54, 1.807) is 54.7 Å². The van der Waals surface area contributed by atoms with Gasteiger partial charge in [-0.3, -0.25) is 9.78 Å². The average molecular weight is 491 g/mol. The van der Waals surface area contributed by atoms with Gasteiger partial charge in [0, 0.05) is 22.8 Å². The van der Waals surface area contributed by atoms with E-state index in [1.807, 2.05) is 6.07 Å². The van der Waals surface area contributed by atoms with Gasteiger partial charge in [-0.05, 0) is 29.8 Å². The number of Topliss-reactive ketones (excluding diaryl/α,β-unsaturated/α-hetero) is 1. The number of fused-ring (bicyclic) bond motifs is 1. The van der Waals surface area contributed by atoms with Crippen molar-refractivity contribution >= 4 is 28.4 Å². The van der Waals surface area contributed by atoms with E-state index in [4.69, 9.17) is 15.7 Å². The van der Waals surface area contributed by atoms with Crippen LogP contribution in [0.4, 0.5) is 4.39 Å². The van der Waals surface area contributed by atoms with Crippen molar-refractivity contribution in [3.05, 3.63) is 130 Å². The molecule has 2 aromatic heterocycles. The van der Waals surface area contributed by atoms with E-state index in [2.05, 4.69) is 15.1 Å². The number of carbonyl (C=O) groups excluding carboxylic acids is 2. The lowest BCUT2D eigenvalue weighted by molar-refractivity contribution is -0.136. The molecule has 4 aromatic rings. The second kappa shape index (κ2) is 8.88. The number of rotatable bonds is 5. The van der Waals surface area contributed by atoms with Crippen molar-refractivity contribution in [2.75, 3.05) is 6.61 Å². The number of ether oxygens (including phenoxy) is 1. The monoisotopic (exact) mass is 491 g/mol. The molecule has 4 heterocycles. The number of benzene rings is 2. The maximum atomic E-state index is 13.6. The molecule has 6 rings (SSSR count). The van der Waals surface area contributed by atoms with Crippen LogP contribution in [0.15, 0.2) is 94.3 Å². The zero-order chi connectivity index (χ0) is 25.5. The summed E-state index contributed by atoms with van der Waals surface area (Å²) in [7, 11) is 0. The molecule has 180 valence electrons. The summed E-state index contributed by atoms with van der Waals surface area (Å²) < 4.78 is 25.0. The van der Waals surface area contributed by atoms with Gasteiger partial charge in [0.15, 0.2) is 5.78 Å². The van der Waals surface area contributed by atoms with Crippen LogP contribution in [0.3, 0.4) is 0 Å². The third-order valence-electron chi connectivity index (χ3n) is 6.50. The molecule has 37 heavy (non-hydrogen) atoms. The van der Waals surface area contributed by atoms with Gasteiger partial charge in [-0.2, -0.15) is 0 Å². The first kappa shape index (κ1) is 22.4. The summed E-state index contributed by atoms with van der Waals surface area (Å²) >= 11 is 0. The van der Waals surface area contributed by atoms with Crippen molar-refractivity contribution in [3.63, 3.8) is 0 Å². The Labute approximate surface area is 210 Å². The molecule has 0 saturated heterocycles. The van der Waals surface area contributed by atoms with Crippen molar-refractivity contribution in [3.8, 4) is 0 Å². The number of allylic oxidation sites excluding steroid dienone is 1. The van der Waals surface area contributed by atoms with E-state index >= 15 is 0 Å². The Balaban J connectivity index is 1.47. The molecule has 8 heteroatoms. The lowest BCUT2D eigenvalue weighted by Crippen LogP contribution is -2.25. The summed E-state index contributed by atoms with van der Waals surface area (Å²) in [5.41, 5.74) is 3.69. The molecule has 2 aromatic carbocycles. The van der Waals surface area contributed by atoms with E-state index in [1.165, 1.54) is 12.1 Å². The molecule has 1 N–H and O–H groups in total. The topological polar surface area (TPSA) is 85.8 Å². The molecule has 0 aliphatic carbocycles. The summed E-state index contributed by atoms with van der Waals surface area (Å²) in [5, 5.41) is 3.78. The number of nitrogens with one attached hydrogen (secondary N) is 1. The van der Waals surface area contributed by atoms with Crippen molar-refractivity contribution in [2.45, 2.75) is 12.3 Å². The zero-order valence-corrected chi connectivity index (χ0v) is 19.3. The van der Waals surface area contributed by atoms with Gasteiger partial charge in [0.05, 0.1) is 35.9 Å². The van der Waals surface area contributed by atoms with Gasteiger partial charge in [0.2, 0.25) is 5.70 Å². The van der Waals surface area contributed by atoms with Crippen LogP contribution in [0.25, 0.3) is 21.5 Å². The third-order valence-corrected chi connectivity index (χ3v) is 6.50. The number of hydrogen-bond donors (Lipinski definition) is 1. The Morgan fingerprint density at radius 3 is 2.68 bits per heavy atom. The summed E-state index contributed by atoms with van der Waals surface area (Å²) in [6, 6.07) is 18.1. The number of carbonyl (C=O) groups is 2. The Kier molecular flexibility index (Phi) is 5.38. The molecule has 2 aliphatic rings. The van der Waals surface area contributed by atoms with Gasteiger partial charge in [0.1, 0.15) is 23.8 Å². The van der Waals surface area contributed by atoms with Gasteiger partial charge in [-0.15, -0.1) is 0 Å². The maximum absolute atomic E-state index is 13.6. The third kappa shape index (κ3) is 3.87. The molecule has 0 spiro atoms. The number of dihydropyridines is 1. The fraction of sp³-hybridized carbons (Fsp3) is 0.103. The van der Waals surface area contributed by atoms with Crippen molar-refractivity contribution in [1.82, 2.24) is 10.3 Å². The SMILES string of the molecule is [C-]#[N+]C1=C(c2ccc(F)cc2)NC2=C(C(=O)OC2)C1c1cc2c(CC(=O)c3ccccc3)nccc2o1. The molecule has 1 unspecified atom stereocenters. The summed E-state index contributed by atoms with van der Waals surface area (Å²) in [6.07, 6.45) is 1.63. The quantitative estimate of drug-likeness (QED) is 0.235. The van der Waals surface area contributed by atoms with Crippen molar-refractivity contribution in [1.29, 1.82) is 0 Å². The lowest BCUT2D eigenvalue weighted by atomic mass is 9.86. The highest BCUT2D eigenvalue weighted by atomic mass is 19.1. The van der Waals surface area contributed by atoms with E-state index < -0.39 is 17.7 Å². The smallest absolute Gasteiger partial charge is 0.336 e. The number of ketones is 1. The Hall–Kier alpha value is -5.03. The van der Waals surface area contributed by atoms with Gasteiger partial charge in [-0.25, -0.2) is 14.0 Å². The first-order chi connectivity index (χ1) is 18.0. The van der Waals surface area contributed by atoms with Gasteiger partial charge < -0.3 is 14.5 Å². The minimum Gasteiger partial charge on any atom is -0.461 e. The minimum absolute atomic E-state index is 0.0270. The number of furan rings is 1. The largest absolute Gasteiger partial charge is 0.461 e. The number of halogens is 1. The van der Waals surface area contributed by atoms with Gasteiger partial charge >= 0.3 is 5.97 Å². The first-order valence-corrected chi connectivity index (χ1v) is 11.5. The van der Waals surface area contributed by atoms with E-state index in [9.17, 15) is 14.0 Å². The van der Waals surface area contributed by atoms with Gasteiger partial charge in [-0.1, -0.05) is 42.5 Å². The van der Waals surface area contributed by atoms with E-state index in [0.717, 1.165) is 0 Å². The highest BCUT2D eigenvalue weighted by molar-refractivity contribution is 6.00. The van der Waals surface area contributed by atoms with Crippen LogP contribution in [-0.2, 0) is 16.0 Å². The minimum atomic E-state index is -0.839. The molecule has 2 aliphatic heterocycles. The fourth-order valence-electron chi connectivity index (χ4n) is 4.74. The standard InChI is InChI=1S/C29H18FN3O4/c1-31-28-26(25-21(15-36-29(25)35)33-27(28)17-7-9-18(30)10-8-17)24-13-19-20(32-12-11-23(19)37-24)14-22(34)16-5-3-2-4-6-16/h2-13,26,33H,14-15H2. The Bertz CT molecular complexity index is 1680. The van der Waals surface area contributed by atoms with Crippen LogP contribution < -0.4 is 5.32 Å². The van der Waals surface area contributed by atoms with E-state index in [-0.39, 0.29) is 24.5 Å². The van der Waals surface area contributed by atoms with Crippen LogP contribution >= 0.6 is 0 Å². The molecule has 1 atom stereocenters. The number of pyridine rings is 1. The number of esters is 1. The van der Waals surface area contributed by atoms with Crippen molar-refractivity contribution in [2.24, 2.45) is 0 Å². The molecule has 0 bridgehead atoms. The van der Waals surface area contributed by atoms with Crippen LogP contribution in [0.2, 0.25) is 0 Å². The van der Waals surface area contributed by atoms with Crippen LogP contribution in [0.5, 0.6) is 0 Å². The molecular formula is C29H18FN3O4. The molecule has 0 fully saturated rings. The maximum Gasteiger partial charge on any atom is 0.336 e. The fourth-order valence-corrected chi connectivity index (χ4v) is 4.74. The van der Waals surface area contributed by atoms with E-state index in [0.29, 0.717) is 50.5 Å². The van der Waals surface area contributed by atoms with Crippen molar-refractivity contribution < 1.29 is 23.1 Å². The first-order valence-electron chi connectivity index (χ1n) is 11.5. The zero-order valence-electron chi connectivity index (χ0n) is 19.3. The number of aromatic nitrogens is 1. The summed E-state index contributed by atoms with van der Waals surface area (Å²) in [4.78, 5) is 33.8. The predicted octanol–water partition coefficient (Wildman–Crippen LogP) is 5.18. The lowest BCUT2D eigenvalue weighted by Gasteiger charge is -2.25. The number of nitrogens with zero attached hydrogens (tertiary/aromatic N) is 2. The second-order valence-electron chi connectivity index (χ2n) is 8.69. The normalized spacial score (nSPS) is 16.9. The Morgan fingerprint density at radius 1 is 1.14 bits per heavy atom. The molecular weight excluding hydrogens is 473 g/mol. The highest BCUT2D eigenvalue weighted by Crippen LogP contribution is 2.45. The molecule has 0 saturated carbocycles. The molecule has 0 radical (unpaired) electrons.